The van der Waals surface area contributed by atoms with E-state index in [1.54, 1.807) is 11.8 Å². The van der Waals surface area contributed by atoms with Crippen LogP contribution in [0.3, 0.4) is 0 Å². The quantitative estimate of drug-likeness (QED) is 0.326. The summed E-state index contributed by atoms with van der Waals surface area (Å²) in [5, 5.41) is 3.76. The molecule has 1 aromatic carbocycles. The smallest absolute Gasteiger partial charge is 0.326 e. The first-order valence-electron chi connectivity index (χ1n) is 10.1. The van der Waals surface area contributed by atoms with Crippen LogP contribution in [-0.4, -0.2) is 39.8 Å². The zero-order valence-corrected chi connectivity index (χ0v) is 17.9. The van der Waals surface area contributed by atoms with Gasteiger partial charge in [-0.2, -0.15) is 0 Å². The van der Waals surface area contributed by atoms with Crippen LogP contribution in [0.2, 0.25) is 0 Å². The van der Waals surface area contributed by atoms with E-state index >= 15 is 0 Å². The second kappa shape index (κ2) is 11.7. The van der Waals surface area contributed by atoms with Crippen LogP contribution in [0.5, 0.6) is 0 Å². The van der Waals surface area contributed by atoms with E-state index in [4.69, 9.17) is 4.74 Å². The third-order valence-electron chi connectivity index (χ3n) is 4.45. The van der Waals surface area contributed by atoms with Crippen LogP contribution < -0.4 is 5.32 Å². The summed E-state index contributed by atoms with van der Waals surface area (Å²) in [6.07, 6.45) is 4.11. The number of thioether (sulfide) groups is 1. The van der Waals surface area contributed by atoms with Crippen molar-refractivity contribution in [2.75, 3.05) is 12.3 Å². The minimum absolute atomic E-state index is 0.0882. The number of amides is 1. The van der Waals surface area contributed by atoms with Crippen LogP contribution in [0.1, 0.15) is 52.9 Å². The molecule has 1 aromatic heterocycles. The Bertz CT molecular complexity index is 775. The first kappa shape index (κ1) is 22.3. The Kier molecular flexibility index (Phi) is 9.34. The van der Waals surface area contributed by atoms with Gasteiger partial charge in [0.15, 0.2) is 5.16 Å². The monoisotopic (exact) mass is 405 g/mol. The highest BCUT2D eigenvalue weighted by atomic mass is 32.2. The molecule has 0 fully saturated rings. The van der Waals surface area contributed by atoms with Gasteiger partial charge < -0.3 is 14.6 Å². The first-order valence-corrected chi connectivity index (χ1v) is 11.1. The standard InChI is InChI=1S/C21H31N3O3S/c1-4-6-12-19(25)22-13-9-14-28-21-23-17-10-7-8-11-18(17)24(21)15-20(26)27-16(3)5-2/h7-8,10-11,16H,4-6,9,12-15H2,1-3H3,(H,22,25). The molecule has 1 heterocycles. The highest BCUT2D eigenvalue weighted by Crippen LogP contribution is 2.24. The molecule has 0 aliphatic carbocycles. The molecule has 0 bridgehead atoms. The van der Waals surface area contributed by atoms with Crippen LogP contribution in [0.15, 0.2) is 29.4 Å². The Morgan fingerprint density at radius 1 is 1.25 bits per heavy atom. The van der Waals surface area contributed by atoms with Gasteiger partial charge in [-0.05, 0) is 38.3 Å². The zero-order valence-electron chi connectivity index (χ0n) is 17.1. The van der Waals surface area contributed by atoms with Crippen molar-refractivity contribution < 1.29 is 14.3 Å². The summed E-state index contributed by atoms with van der Waals surface area (Å²) in [7, 11) is 0. The number of nitrogens with zero attached hydrogens (tertiary/aromatic N) is 2. The van der Waals surface area contributed by atoms with Gasteiger partial charge in [-0.25, -0.2) is 4.98 Å². The summed E-state index contributed by atoms with van der Waals surface area (Å²) in [6.45, 7) is 6.78. The molecule has 154 valence electrons. The number of unbranched alkanes of at least 4 members (excludes halogenated alkanes) is 1. The van der Waals surface area contributed by atoms with Gasteiger partial charge in [-0.3, -0.25) is 9.59 Å². The molecular formula is C21H31N3O3S. The molecule has 2 rings (SSSR count). The Morgan fingerprint density at radius 3 is 2.79 bits per heavy atom. The van der Waals surface area contributed by atoms with E-state index in [0.717, 1.165) is 47.6 Å². The van der Waals surface area contributed by atoms with Crippen molar-refractivity contribution in [3.05, 3.63) is 24.3 Å². The normalized spacial score (nSPS) is 12.1. The van der Waals surface area contributed by atoms with Crippen LogP contribution >= 0.6 is 11.8 Å². The van der Waals surface area contributed by atoms with Crippen LogP contribution in [0, 0.1) is 0 Å². The number of nitrogens with one attached hydrogen (secondary N) is 1. The molecule has 0 saturated heterocycles. The molecule has 28 heavy (non-hydrogen) atoms. The summed E-state index contributed by atoms with van der Waals surface area (Å²) >= 11 is 1.60. The molecule has 0 spiro atoms. The van der Waals surface area contributed by atoms with Gasteiger partial charge in [0.25, 0.3) is 0 Å². The molecular weight excluding hydrogens is 374 g/mol. The molecule has 1 unspecified atom stereocenters. The molecule has 0 aliphatic heterocycles. The number of imidazole rings is 1. The van der Waals surface area contributed by atoms with Crippen molar-refractivity contribution in [1.82, 2.24) is 14.9 Å². The summed E-state index contributed by atoms with van der Waals surface area (Å²) in [4.78, 5) is 28.6. The summed E-state index contributed by atoms with van der Waals surface area (Å²) in [5.41, 5.74) is 1.80. The SMILES string of the molecule is CCCCC(=O)NCCCSc1nc2ccccc2n1CC(=O)OC(C)CC. The van der Waals surface area contributed by atoms with Crippen LogP contribution in [0.4, 0.5) is 0 Å². The number of esters is 1. The molecule has 2 aromatic rings. The Hall–Kier alpha value is -2.02. The number of fused-ring (bicyclic) bond motifs is 1. The van der Waals surface area contributed by atoms with E-state index < -0.39 is 0 Å². The predicted molar refractivity (Wildman–Crippen MR) is 113 cm³/mol. The van der Waals surface area contributed by atoms with E-state index in [1.165, 1.54) is 0 Å². The van der Waals surface area contributed by atoms with Gasteiger partial charge in [-0.1, -0.05) is 44.2 Å². The van der Waals surface area contributed by atoms with Gasteiger partial charge in [0.2, 0.25) is 5.91 Å². The highest BCUT2D eigenvalue weighted by Gasteiger charge is 2.16. The minimum atomic E-state index is -0.248. The summed E-state index contributed by atoms with van der Waals surface area (Å²) in [6, 6.07) is 7.80. The number of para-hydroxylation sites is 2. The van der Waals surface area contributed by atoms with Crippen molar-refractivity contribution in [3.8, 4) is 0 Å². The topological polar surface area (TPSA) is 73.2 Å². The lowest BCUT2D eigenvalue weighted by Gasteiger charge is -2.13. The van der Waals surface area contributed by atoms with E-state index in [-0.39, 0.29) is 24.5 Å². The Labute approximate surface area is 171 Å². The van der Waals surface area contributed by atoms with Gasteiger partial charge in [0.1, 0.15) is 6.54 Å². The maximum absolute atomic E-state index is 12.3. The first-order chi connectivity index (χ1) is 13.5. The van der Waals surface area contributed by atoms with Gasteiger partial charge >= 0.3 is 5.97 Å². The number of hydrogen-bond donors (Lipinski definition) is 1. The molecule has 0 aliphatic rings. The fourth-order valence-corrected chi connectivity index (χ4v) is 3.63. The van der Waals surface area contributed by atoms with E-state index in [9.17, 15) is 9.59 Å². The second-order valence-corrected chi connectivity index (χ2v) is 7.90. The molecule has 1 N–H and O–H groups in total. The lowest BCUT2D eigenvalue weighted by atomic mass is 10.2. The Balaban J connectivity index is 1.94. The lowest BCUT2D eigenvalue weighted by molar-refractivity contribution is -0.149. The van der Waals surface area contributed by atoms with Gasteiger partial charge in [-0.15, -0.1) is 0 Å². The van der Waals surface area contributed by atoms with Crippen molar-refractivity contribution in [1.29, 1.82) is 0 Å². The lowest BCUT2D eigenvalue weighted by Crippen LogP contribution is -2.24. The second-order valence-electron chi connectivity index (χ2n) is 6.83. The third kappa shape index (κ3) is 6.86. The van der Waals surface area contributed by atoms with Gasteiger partial charge in [0.05, 0.1) is 17.1 Å². The average Bonchev–Trinajstić information content (AvgIpc) is 3.03. The van der Waals surface area contributed by atoms with E-state index in [0.29, 0.717) is 13.0 Å². The van der Waals surface area contributed by atoms with Crippen LogP contribution in [-0.2, 0) is 20.9 Å². The van der Waals surface area contributed by atoms with E-state index in [2.05, 4.69) is 17.2 Å². The third-order valence-corrected chi connectivity index (χ3v) is 5.51. The van der Waals surface area contributed by atoms with Crippen molar-refractivity contribution in [2.24, 2.45) is 0 Å². The number of rotatable bonds is 12. The zero-order chi connectivity index (χ0) is 20.4. The number of carbonyl (C=O) groups excluding carboxylic acids is 2. The fraction of sp³-hybridized carbons (Fsp3) is 0.571. The fourth-order valence-electron chi connectivity index (χ4n) is 2.68. The minimum Gasteiger partial charge on any atom is -0.461 e. The number of benzene rings is 1. The molecule has 1 amide bonds. The average molecular weight is 406 g/mol. The highest BCUT2D eigenvalue weighted by molar-refractivity contribution is 7.99. The maximum Gasteiger partial charge on any atom is 0.326 e. The molecule has 7 heteroatoms. The van der Waals surface area contributed by atoms with Crippen molar-refractivity contribution in [2.45, 2.75) is 70.7 Å². The number of hydrogen-bond acceptors (Lipinski definition) is 5. The summed E-state index contributed by atoms with van der Waals surface area (Å²) < 4.78 is 7.36. The van der Waals surface area contributed by atoms with E-state index in [1.807, 2.05) is 42.7 Å². The molecule has 0 radical (unpaired) electrons. The number of carbonyl (C=O) groups is 2. The summed E-state index contributed by atoms with van der Waals surface area (Å²) in [5.74, 6) is 0.687. The number of aromatic nitrogens is 2. The largest absolute Gasteiger partial charge is 0.461 e. The molecule has 1 atom stereocenters. The van der Waals surface area contributed by atoms with Crippen LogP contribution in [0.25, 0.3) is 11.0 Å². The Morgan fingerprint density at radius 2 is 2.04 bits per heavy atom. The number of ether oxygens (including phenoxy) is 1. The predicted octanol–water partition coefficient (Wildman–Crippen LogP) is 4.17. The van der Waals surface area contributed by atoms with Crippen molar-refractivity contribution >= 4 is 34.7 Å². The van der Waals surface area contributed by atoms with Gasteiger partial charge in [0, 0.05) is 18.7 Å². The molecule has 0 saturated carbocycles. The molecule has 6 nitrogen and oxygen atoms in total. The maximum atomic E-state index is 12.3. The van der Waals surface area contributed by atoms with Crippen molar-refractivity contribution in [3.63, 3.8) is 0 Å².